The van der Waals surface area contributed by atoms with Crippen molar-refractivity contribution in [2.75, 3.05) is 39.9 Å². The average molecular weight is 274 g/mol. The van der Waals surface area contributed by atoms with E-state index in [0.29, 0.717) is 6.54 Å². The summed E-state index contributed by atoms with van der Waals surface area (Å²) in [6.45, 7) is 2.20. The molecule has 0 aliphatic carbocycles. The summed E-state index contributed by atoms with van der Waals surface area (Å²) in [6, 6.07) is -0.414. The molecule has 1 heterocycles. The number of carbonyl (C=O) groups excluding carboxylic acids is 2. The number of rotatable bonds is 4. The van der Waals surface area contributed by atoms with Gasteiger partial charge in [-0.2, -0.15) is 0 Å². The van der Waals surface area contributed by atoms with E-state index in [-0.39, 0.29) is 26.3 Å². The second-order valence-electron chi connectivity index (χ2n) is 4.09. The van der Waals surface area contributed by atoms with E-state index in [4.69, 9.17) is 14.6 Å². The lowest BCUT2D eigenvalue weighted by atomic mass is 10.3. The van der Waals surface area contributed by atoms with Crippen molar-refractivity contribution in [1.82, 2.24) is 9.80 Å². The lowest BCUT2D eigenvalue weighted by molar-refractivity contribution is -0.155. The maximum Gasteiger partial charge on any atom is 0.334 e. The van der Waals surface area contributed by atoms with Gasteiger partial charge in [0.1, 0.15) is 6.54 Å². The van der Waals surface area contributed by atoms with Gasteiger partial charge in [-0.3, -0.25) is 4.79 Å². The van der Waals surface area contributed by atoms with Crippen molar-refractivity contribution in [3.63, 3.8) is 0 Å². The highest BCUT2D eigenvalue weighted by Gasteiger charge is 2.30. The minimum atomic E-state index is -1.11. The van der Waals surface area contributed by atoms with E-state index in [1.54, 1.807) is 6.92 Å². The van der Waals surface area contributed by atoms with E-state index in [0.717, 1.165) is 0 Å². The van der Waals surface area contributed by atoms with Crippen molar-refractivity contribution < 1.29 is 29.0 Å². The Morgan fingerprint density at radius 2 is 2.16 bits per heavy atom. The molecular weight excluding hydrogens is 256 g/mol. The molecule has 0 aromatic rings. The van der Waals surface area contributed by atoms with E-state index in [1.807, 2.05) is 0 Å². The molecule has 1 fully saturated rings. The van der Waals surface area contributed by atoms with Crippen LogP contribution in [-0.4, -0.2) is 78.9 Å². The molecular formula is C11H18N2O6. The highest BCUT2D eigenvalue weighted by molar-refractivity contribution is 5.81. The van der Waals surface area contributed by atoms with Crippen molar-refractivity contribution in [3.05, 3.63) is 0 Å². The average Bonchev–Trinajstić information content (AvgIpc) is 2.38. The predicted octanol–water partition coefficient (Wildman–Crippen LogP) is -0.613. The summed E-state index contributed by atoms with van der Waals surface area (Å²) in [6.07, 6.45) is -1.02. The number of hydrogen-bond donors (Lipinski definition) is 1. The van der Waals surface area contributed by atoms with Gasteiger partial charge in [0, 0.05) is 13.6 Å². The first kappa shape index (κ1) is 15.2. The highest BCUT2D eigenvalue weighted by atomic mass is 16.5. The fraction of sp³-hybridized carbons (Fsp3) is 0.727. The van der Waals surface area contributed by atoms with E-state index in [9.17, 15) is 14.4 Å². The highest BCUT2D eigenvalue weighted by Crippen LogP contribution is 2.08. The van der Waals surface area contributed by atoms with E-state index >= 15 is 0 Å². The molecule has 8 heteroatoms. The minimum Gasteiger partial charge on any atom is -0.479 e. The number of morpholine rings is 1. The fourth-order valence-corrected chi connectivity index (χ4v) is 1.68. The molecule has 1 atom stereocenters. The fourth-order valence-electron chi connectivity index (χ4n) is 1.68. The molecule has 0 aromatic carbocycles. The van der Waals surface area contributed by atoms with E-state index < -0.39 is 24.1 Å². The van der Waals surface area contributed by atoms with Gasteiger partial charge in [0.2, 0.25) is 0 Å². The van der Waals surface area contributed by atoms with Crippen LogP contribution in [0.25, 0.3) is 0 Å². The van der Waals surface area contributed by atoms with Crippen LogP contribution in [0.5, 0.6) is 0 Å². The minimum absolute atomic E-state index is 0.0265. The molecule has 1 N–H and O–H groups in total. The van der Waals surface area contributed by atoms with Crippen molar-refractivity contribution in [2.24, 2.45) is 0 Å². The Hall–Kier alpha value is -1.83. The first-order valence-corrected chi connectivity index (χ1v) is 5.95. The van der Waals surface area contributed by atoms with Crippen molar-refractivity contribution in [2.45, 2.75) is 13.0 Å². The normalized spacial score (nSPS) is 18.8. The number of ether oxygens (including phenoxy) is 2. The van der Waals surface area contributed by atoms with Crippen LogP contribution in [0, 0.1) is 0 Å². The number of carboxylic acids is 1. The van der Waals surface area contributed by atoms with Gasteiger partial charge in [-0.25, -0.2) is 9.59 Å². The lowest BCUT2D eigenvalue weighted by Gasteiger charge is -2.33. The van der Waals surface area contributed by atoms with E-state index in [2.05, 4.69) is 0 Å². The van der Waals surface area contributed by atoms with Gasteiger partial charge in [-0.05, 0) is 6.92 Å². The molecule has 2 amide bonds. The molecule has 0 aromatic heterocycles. The Morgan fingerprint density at radius 3 is 2.74 bits per heavy atom. The third-order valence-electron chi connectivity index (χ3n) is 2.61. The SMILES string of the molecule is CCOC(=O)CN(C)C(=O)N1CCOC(C(=O)O)C1. The smallest absolute Gasteiger partial charge is 0.334 e. The molecule has 1 saturated heterocycles. The molecule has 1 rings (SSSR count). The molecule has 19 heavy (non-hydrogen) atoms. The quantitative estimate of drug-likeness (QED) is 0.687. The number of urea groups is 1. The monoisotopic (exact) mass is 274 g/mol. The van der Waals surface area contributed by atoms with Gasteiger partial charge in [0.05, 0.1) is 19.8 Å². The van der Waals surface area contributed by atoms with Gasteiger partial charge in [-0.15, -0.1) is 0 Å². The number of aliphatic carboxylic acids is 1. The Morgan fingerprint density at radius 1 is 1.47 bits per heavy atom. The molecule has 0 radical (unpaired) electrons. The summed E-state index contributed by atoms with van der Waals surface area (Å²) < 4.78 is 9.75. The molecule has 1 aliphatic heterocycles. The molecule has 1 aliphatic rings. The summed E-state index contributed by atoms with van der Waals surface area (Å²) in [7, 11) is 1.46. The molecule has 0 spiro atoms. The van der Waals surface area contributed by atoms with Crippen LogP contribution >= 0.6 is 0 Å². The van der Waals surface area contributed by atoms with Gasteiger partial charge in [0.25, 0.3) is 0 Å². The van der Waals surface area contributed by atoms with E-state index in [1.165, 1.54) is 16.8 Å². The van der Waals surface area contributed by atoms with Gasteiger partial charge in [0.15, 0.2) is 6.10 Å². The third-order valence-corrected chi connectivity index (χ3v) is 2.61. The van der Waals surface area contributed by atoms with Gasteiger partial charge >= 0.3 is 18.0 Å². The van der Waals surface area contributed by atoms with Crippen LogP contribution in [0.1, 0.15) is 6.92 Å². The first-order chi connectivity index (χ1) is 8.95. The van der Waals surface area contributed by atoms with Crippen LogP contribution in [-0.2, 0) is 19.1 Å². The Labute approximate surface area is 110 Å². The summed E-state index contributed by atoms with van der Waals surface area (Å²) in [5.41, 5.74) is 0. The van der Waals surface area contributed by atoms with Crippen LogP contribution in [0.2, 0.25) is 0 Å². The van der Waals surface area contributed by atoms with Crippen LogP contribution < -0.4 is 0 Å². The van der Waals surface area contributed by atoms with Crippen LogP contribution in [0.3, 0.4) is 0 Å². The number of likely N-dealkylation sites (N-methyl/N-ethyl adjacent to an activating group) is 1. The van der Waals surface area contributed by atoms with Crippen LogP contribution in [0.15, 0.2) is 0 Å². The standard InChI is InChI=1S/C11H18N2O6/c1-3-18-9(14)7-12(2)11(17)13-4-5-19-8(6-13)10(15)16/h8H,3-7H2,1-2H3,(H,15,16). The summed E-state index contributed by atoms with van der Waals surface area (Å²) >= 11 is 0. The number of hydrogen-bond acceptors (Lipinski definition) is 5. The molecule has 108 valence electrons. The Bertz CT molecular complexity index is 359. The number of amides is 2. The third kappa shape index (κ3) is 4.40. The number of carboxylic acid groups (broad SMARTS) is 1. The van der Waals surface area contributed by atoms with Gasteiger partial charge < -0.3 is 24.4 Å². The number of esters is 1. The maximum atomic E-state index is 12.0. The van der Waals surface area contributed by atoms with Gasteiger partial charge in [-0.1, -0.05) is 0 Å². The zero-order valence-corrected chi connectivity index (χ0v) is 11.0. The predicted molar refractivity (Wildman–Crippen MR) is 63.6 cm³/mol. The summed E-state index contributed by atoms with van der Waals surface area (Å²) in [5.74, 6) is -1.60. The maximum absolute atomic E-state index is 12.0. The van der Waals surface area contributed by atoms with Crippen molar-refractivity contribution in [1.29, 1.82) is 0 Å². The summed E-state index contributed by atoms with van der Waals surface area (Å²) in [5, 5.41) is 8.84. The zero-order valence-electron chi connectivity index (χ0n) is 11.0. The van der Waals surface area contributed by atoms with Crippen molar-refractivity contribution in [3.8, 4) is 0 Å². The largest absolute Gasteiger partial charge is 0.479 e. The second-order valence-corrected chi connectivity index (χ2v) is 4.09. The molecule has 1 unspecified atom stereocenters. The zero-order chi connectivity index (χ0) is 14.4. The topological polar surface area (TPSA) is 96.4 Å². The Kier molecular flexibility index (Phi) is 5.56. The van der Waals surface area contributed by atoms with Crippen LogP contribution in [0.4, 0.5) is 4.79 Å². The lowest BCUT2D eigenvalue weighted by Crippen LogP contribution is -2.52. The Balaban J connectivity index is 2.51. The number of carbonyl (C=O) groups is 3. The first-order valence-electron chi connectivity index (χ1n) is 5.95. The summed E-state index contributed by atoms with van der Waals surface area (Å²) in [4.78, 5) is 36.6. The number of nitrogens with zero attached hydrogens (tertiary/aromatic N) is 2. The molecule has 8 nitrogen and oxygen atoms in total. The van der Waals surface area contributed by atoms with Crippen molar-refractivity contribution >= 4 is 18.0 Å². The molecule has 0 bridgehead atoms. The molecule has 0 saturated carbocycles. The second kappa shape index (κ2) is 6.93.